The van der Waals surface area contributed by atoms with Crippen molar-refractivity contribution in [3.8, 4) is 11.9 Å². The van der Waals surface area contributed by atoms with Gasteiger partial charge in [-0.05, 0) is 43.2 Å². The molecule has 1 unspecified atom stereocenters. The molecule has 6 N–H and O–H groups in total. The quantitative estimate of drug-likeness (QED) is 0.0572. The van der Waals surface area contributed by atoms with Crippen LogP contribution >= 0.6 is 0 Å². The summed E-state index contributed by atoms with van der Waals surface area (Å²) in [5.41, 5.74) is 14.1. The first kappa shape index (κ1) is 30.9. The van der Waals surface area contributed by atoms with Gasteiger partial charge in [0.2, 0.25) is 11.9 Å². The normalized spacial score (nSPS) is 12.6. The summed E-state index contributed by atoms with van der Waals surface area (Å²) in [4.78, 5) is 9.67. The molecule has 0 aromatic carbocycles. The first-order valence-electron chi connectivity index (χ1n) is 13.9. The maximum absolute atomic E-state index is 8.40. The number of tetrazole rings is 1. The first-order chi connectivity index (χ1) is 20.4. The molecule has 20 nitrogen and oxygen atoms in total. The average Bonchev–Trinajstić information content (AvgIpc) is 3.72. The molecule has 0 spiro atoms. The molecule has 4 aromatic rings. The second kappa shape index (κ2) is 12.9. The van der Waals surface area contributed by atoms with Crippen LogP contribution in [0, 0.1) is 28.2 Å². The van der Waals surface area contributed by atoms with E-state index >= 15 is 0 Å². The van der Waals surface area contributed by atoms with E-state index in [0.717, 1.165) is 29.7 Å². The Bertz CT molecular complexity index is 1510. The van der Waals surface area contributed by atoms with Crippen molar-refractivity contribution in [2.75, 3.05) is 16.1 Å². The van der Waals surface area contributed by atoms with Crippen LogP contribution in [0.25, 0.3) is 11.9 Å². The monoisotopic (exact) mass is 594 g/mol. The summed E-state index contributed by atoms with van der Waals surface area (Å²) in [5, 5.41) is 55.6. The third kappa shape index (κ3) is 7.07. The van der Waals surface area contributed by atoms with Crippen LogP contribution in [0.4, 0.5) is 23.8 Å². The molecule has 0 aliphatic rings. The van der Waals surface area contributed by atoms with Gasteiger partial charge in [-0.25, -0.2) is 10.1 Å². The number of nitrogens with one attached hydrogen (secondary N) is 4. The SMILES string of the molecule is CC(C)C(C)N(N=N)c1nc(N)n(-c2nnc(Nc3nc(-n4nnc(CCCCC(=N)C(C)(C)C(C)C)n4)n[nH]3)nn2)n1. The Balaban J connectivity index is 1.33. The Morgan fingerprint density at radius 2 is 1.74 bits per heavy atom. The van der Waals surface area contributed by atoms with Gasteiger partial charge in [0.25, 0.3) is 23.8 Å². The smallest absolute Gasteiger partial charge is 0.292 e. The number of anilines is 4. The van der Waals surface area contributed by atoms with E-state index in [-0.39, 0.29) is 53.1 Å². The van der Waals surface area contributed by atoms with Crippen LogP contribution in [-0.2, 0) is 6.42 Å². The molecular weight excluding hydrogens is 556 g/mol. The van der Waals surface area contributed by atoms with Crippen LogP contribution in [-0.4, -0.2) is 82.3 Å². The van der Waals surface area contributed by atoms with Crippen LogP contribution in [0.5, 0.6) is 0 Å². The van der Waals surface area contributed by atoms with Crippen molar-refractivity contribution in [1.29, 1.82) is 10.9 Å². The molecule has 43 heavy (non-hydrogen) atoms. The summed E-state index contributed by atoms with van der Waals surface area (Å²) >= 11 is 0. The fraction of sp³-hybridized carbons (Fsp3) is 0.652. The Morgan fingerprint density at radius 1 is 1.02 bits per heavy atom. The predicted molar refractivity (Wildman–Crippen MR) is 155 cm³/mol. The van der Waals surface area contributed by atoms with Gasteiger partial charge in [0.15, 0.2) is 5.82 Å². The third-order valence-corrected chi connectivity index (χ3v) is 7.58. The largest absolute Gasteiger partial charge is 0.368 e. The van der Waals surface area contributed by atoms with E-state index in [2.05, 4.69) is 99.3 Å². The number of aromatic amines is 1. The molecular formula is C23H38N20. The number of hydrogen-bond donors (Lipinski definition) is 5. The van der Waals surface area contributed by atoms with E-state index in [4.69, 9.17) is 16.7 Å². The van der Waals surface area contributed by atoms with Gasteiger partial charge in [0.05, 0.1) is 6.04 Å². The highest BCUT2D eigenvalue weighted by molar-refractivity contribution is 5.86. The van der Waals surface area contributed by atoms with Gasteiger partial charge < -0.3 is 11.1 Å². The molecule has 4 rings (SSSR count). The number of rotatable bonds is 15. The van der Waals surface area contributed by atoms with Crippen molar-refractivity contribution in [3.63, 3.8) is 0 Å². The highest BCUT2D eigenvalue weighted by atomic mass is 15.6. The fourth-order valence-corrected chi connectivity index (χ4v) is 3.70. The van der Waals surface area contributed by atoms with E-state index in [1.54, 1.807) is 0 Å². The molecule has 4 aromatic heterocycles. The second-order valence-corrected chi connectivity index (χ2v) is 11.3. The predicted octanol–water partition coefficient (Wildman–Crippen LogP) is 2.48. The van der Waals surface area contributed by atoms with Crippen LogP contribution in [0.15, 0.2) is 5.22 Å². The molecule has 0 aliphatic carbocycles. The summed E-state index contributed by atoms with van der Waals surface area (Å²) in [6.45, 7) is 14.4. The number of H-pyrrole nitrogens is 1. The molecule has 230 valence electrons. The highest BCUT2D eigenvalue weighted by Crippen LogP contribution is 2.29. The number of hydrogen-bond acceptors (Lipinski definition) is 16. The summed E-state index contributed by atoms with van der Waals surface area (Å²) in [5.74, 6) is 1.65. The zero-order chi connectivity index (χ0) is 31.3. The van der Waals surface area contributed by atoms with Gasteiger partial charge in [-0.3, -0.25) is 5.32 Å². The standard InChI is InChI=1S/C23H38N20/c1-12(2)14(5)41(39-26)21-27-17(25)42(38-21)22-35-32-19(33-36-22)28-18-29-20(34-31-18)43-37-16(30-40-43)11-9-8-10-15(24)23(6,7)13(3)4/h12-14,24,26H,8-11H2,1-7H3,(H2,25,27,38)(H2,28,29,31,32,33,34). The van der Waals surface area contributed by atoms with Gasteiger partial charge in [0, 0.05) is 17.5 Å². The van der Waals surface area contributed by atoms with Gasteiger partial charge in [0.1, 0.15) is 0 Å². The minimum Gasteiger partial charge on any atom is -0.368 e. The van der Waals surface area contributed by atoms with E-state index in [1.807, 2.05) is 20.8 Å². The van der Waals surface area contributed by atoms with Gasteiger partial charge in [-0.2, -0.15) is 20.2 Å². The Hall–Kier alpha value is -5.04. The van der Waals surface area contributed by atoms with E-state index in [9.17, 15) is 0 Å². The molecule has 0 radical (unpaired) electrons. The van der Waals surface area contributed by atoms with Gasteiger partial charge >= 0.3 is 0 Å². The lowest BCUT2D eigenvalue weighted by atomic mass is 9.75. The lowest BCUT2D eigenvalue weighted by Crippen LogP contribution is -2.32. The molecule has 0 saturated carbocycles. The van der Waals surface area contributed by atoms with Crippen molar-refractivity contribution in [3.05, 3.63) is 5.82 Å². The van der Waals surface area contributed by atoms with Crippen LogP contribution < -0.4 is 16.1 Å². The minimum atomic E-state index is -0.142. The molecule has 1 atom stereocenters. The lowest BCUT2D eigenvalue weighted by molar-refractivity contribution is 0.356. The van der Waals surface area contributed by atoms with Gasteiger partial charge in [-0.1, -0.05) is 51.6 Å². The molecule has 0 aliphatic heterocycles. The van der Waals surface area contributed by atoms with Crippen molar-refractivity contribution < 1.29 is 0 Å². The topological polar surface area (TPSA) is 269 Å². The second-order valence-electron chi connectivity index (χ2n) is 11.3. The van der Waals surface area contributed by atoms with Crippen LogP contribution in [0.2, 0.25) is 0 Å². The van der Waals surface area contributed by atoms with Crippen molar-refractivity contribution in [1.82, 2.24) is 70.5 Å². The Labute approximate surface area is 247 Å². The fourth-order valence-electron chi connectivity index (χ4n) is 3.70. The maximum Gasteiger partial charge on any atom is 0.292 e. The number of unbranched alkanes of at least 4 members (excludes halogenated alkanes) is 1. The number of nitrogen functional groups attached to an aromatic ring is 1. The van der Waals surface area contributed by atoms with Crippen LogP contribution in [0.1, 0.15) is 73.6 Å². The molecule has 0 saturated heterocycles. The lowest BCUT2D eigenvalue weighted by Gasteiger charge is -2.30. The third-order valence-electron chi connectivity index (χ3n) is 7.58. The van der Waals surface area contributed by atoms with Crippen molar-refractivity contribution in [2.24, 2.45) is 22.5 Å². The average molecular weight is 595 g/mol. The summed E-state index contributed by atoms with van der Waals surface area (Å²) in [6, 6.07) is -0.142. The number of aromatic nitrogens is 14. The molecule has 4 heterocycles. The molecule has 20 heteroatoms. The summed E-state index contributed by atoms with van der Waals surface area (Å²) in [7, 11) is 0. The minimum absolute atomic E-state index is 0.0157. The van der Waals surface area contributed by atoms with E-state index in [1.165, 1.54) is 9.81 Å². The van der Waals surface area contributed by atoms with Crippen molar-refractivity contribution >= 4 is 29.5 Å². The number of nitrogens with two attached hydrogens (primary N) is 1. The molecule has 0 bridgehead atoms. The van der Waals surface area contributed by atoms with Gasteiger partial charge in [-0.15, -0.1) is 40.8 Å². The Morgan fingerprint density at radius 3 is 2.40 bits per heavy atom. The zero-order valence-electron chi connectivity index (χ0n) is 25.3. The van der Waals surface area contributed by atoms with E-state index in [0.29, 0.717) is 18.2 Å². The zero-order valence-corrected chi connectivity index (χ0v) is 25.3. The number of nitrogens with zero attached hydrogens (tertiary/aromatic N) is 15. The summed E-state index contributed by atoms with van der Waals surface area (Å²) < 4.78 is 1.15. The van der Waals surface area contributed by atoms with Crippen molar-refractivity contribution in [2.45, 2.75) is 80.2 Å². The summed E-state index contributed by atoms with van der Waals surface area (Å²) in [6.07, 6.45) is 3.09. The molecule has 0 amide bonds. The molecule has 0 fully saturated rings. The maximum atomic E-state index is 8.40. The van der Waals surface area contributed by atoms with Crippen LogP contribution in [0.3, 0.4) is 0 Å². The van der Waals surface area contributed by atoms with E-state index < -0.39 is 0 Å². The first-order valence-corrected chi connectivity index (χ1v) is 13.9. The number of aryl methyl sites for hydroxylation is 1. The highest BCUT2D eigenvalue weighted by Gasteiger charge is 2.27. The Kier molecular flexibility index (Phi) is 9.24.